The molecule has 0 unspecified atom stereocenters. The molecule has 0 bridgehead atoms. The normalized spacial score (nSPS) is 20.6. The van der Waals surface area contributed by atoms with Crippen LogP contribution in [0.2, 0.25) is 0 Å². The summed E-state index contributed by atoms with van der Waals surface area (Å²) >= 11 is 0. The van der Waals surface area contributed by atoms with Crippen molar-refractivity contribution in [2.24, 2.45) is 0 Å². The maximum Gasteiger partial charge on any atom is 0.343 e. The molecule has 0 atom stereocenters. The number of urea groups is 1. The number of halogens is 1. The molecule has 29 heavy (non-hydrogen) atoms. The van der Waals surface area contributed by atoms with Crippen molar-refractivity contribution in [1.29, 1.82) is 0 Å². The van der Waals surface area contributed by atoms with E-state index in [1.54, 1.807) is 4.31 Å². The number of hydrogen-bond donors (Lipinski definition) is 2. The Bertz CT molecular complexity index is 759. The van der Waals surface area contributed by atoms with Gasteiger partial charge in [-0.3, -0.25) is 4.84 Å². The molecule has 8 nitrogen and oxygen atoms in total. The van der Waals surface area contributed by atoms with Crippen LogP contribution in [0.5, 0.6) is 0 Å². The minimum Gasteiger partial charge on any atom is -0.306 e. The monoisotopic (exact) mass is 428 g/mol. The molecule has 0 spiro atoms. The molecule has 3 rings (SSSR count). The topological polar surface area (TPSA) is 91.0 Å². The zero-order valence-electron chi connectivity index (χ0n) is 16.5. The molecule has 2 saturated heterocycles. The van der Waals surface area contributed by atoms with Gasteiger partial charge in [-0.25, -0.2) is 14.7 Å². The van der Waals surface area contributed by atoms with Crippen LogP contribution in [0.4, 0.5) is 14.9 Å². The van der Waals surface area contributed by atoms with Crippen molar-refractivity contribution in [2.75, 3.05) is 31.5 Å². The summed E-state index contributed by atoms with van der Waals surface area (Å²) in [4.78, 5) is 17.3. The number of nitrogens with one attached hydrogen (secondary N) is 2. The molecule has 10 heteroatoms. The SMILES string of the molecule is O=C(NOC1CCN(S(=O)(=O)N2CCCCCCC2)CC1)Nc1ccc(F)cc1. The van der Waals surface area contributed by atoms with Crippen molar-refractivity contribution >= 4 is 21.9 Å². The largest absolute Gasteiger partial charge is 0.343 e. The van der Waals surface area contributed by atoms with Crippen molar-refractivity contribution < 1.29 is 22.4 Å². The lowest BCUT2D eigenvalue weighted by molar-refractivity contribution is -0.0251. The quantitative estimate of drug-likeness (QED) is 0.706. The van der Waals surface area contributed by atoms with E-state index < -0.39 is 16.2 Å². The number of piperidine rings is 1. The number of carbonyl (C=O) groups is 1. The average Bonchev–Trinajstić information content (AvgIpc) is 2.68. The van der Waals surface area contributed by atoms with Gasteiger partial charge in [0.2, 0.25) is 0 Å². The molecule has 0 aliphatic carbocycles. The molecular weight excluding hydrogens is 399 g/mol. The van der Waals surface area contributed by atoms with Gasteiger partial charge in [0.15, 0.2) is 0 Å². The predicted octanol–water partition coefficient (Wildman–Crippen LogP) is 2.85. The van der Waals surface area contributed by atoms with E-state index >= 15 is 0 Å². The first-order chi connectivity index (χ1) is 13.9. The van der Waals surface area contributed by atoms with Gasteiger partial charge in [-0.1, -0.05) is 19.3 Å². The lowest BCUT2D eigenvalue weighted by Gasteiger charge is -2.35. The first-order valence-electron chi connectivity index (χ1n) is 10.2. The minimum absolute atomic E-state index is 0.257. The van der Waals surface area contributed by atoms with Crippen LogP contribution in [-0.4, -0.2) is 55.3 Å². The predicted molar refractivity (Wildman–Crippen MR) is 108 cm³/mol. The lowest BCUT2D eigenvalue weighted by Crippen LogP contribution is -2.49. The molecule has 2 aliphatic rings. The van der Waals surface area contributed by atoms with E-state index in [-0.39, 0.29) is 11.9 Å². The van der Waals surface area contributed by atoms with Crippen LogP contribution >= 0.6 is 0 Å². The summed E-state index contributed by atoms with van der Waals surface area (Å²) in [5, 5.41) is 2.54. The molecule has 2 heterocycles. The van der Waals surface area contributed by atoms with Gasteiger partial charge in [-0.2, -0.15) is 17.0 Å². The van der Waals surface area contributed by atoms with Crippen LogP contribution < -0.4 is 10.8 Å². The highest BCUT2D eigenvalue weighted by Gasteiger charge is 2.33. The van der Waals surface area contributed by atoms with Crippen molar-refractivity contribution in [3.05, 3.63) is 30.1 Å². The lowest BCUT2D eigenvalue weighted by atomic mass is 10.1. The maximum absolute atomic E-state index is 12.9. The number of amides is 2. The summed E-state index contributed by atoms with van der Waals surface area (Å²) in [6.07, 6.45) is 5.90. The summed E-state index contributed by atoms with van der Waals surface area (Å²) in [7, 11) is -3.44. The molecule has 0 saturated carbocycles. The second-order valence-electron chi connectivity index (χ2n) is 7.45. The molecule has 2 N–H and O–H groups in total. The number of nitrogens with zero attached hydrogens (tertiary/aromatic N) is 2. The minimum atomic E-state index is -3.44. The van der Waals surface area contributed by atoms with Gasteiger partial charge in [-0.15, -0.1) is 0 Å². The zero-order valence-corrected chi connectivity index (χ0v) is 17.3. The third-order valence-electron chi connectivity index (χ3n) is 5.29. The highest BCUT2D eigenvalue weighted by Crippen LogP contribution is 2.21. The first kappa shape index (κ1) is 21.9. The Balaban J connectivity index is 1.42. The Morgan fingerprint density at radius 2 is 1.48 bits per heavy atom. The fourth-order valence-corrected chi connectivity index (χ4v) is 5.34. The smallest absolute Gasteiger partial charge is 0.306 e. The number of rotatable bonds is 5. The number of carbonyl (C=O) groups excluding carboxylic acids is 1. The third kappa shape index (κ3) is 6.36. The molecule has 2 aliphatic heterocycles. The number of hydrogen-bond acceptors (Lipinski definition) is 4. The number of benzene rings is 1. The summed E-state index contributed by atoms with van der Waals surface area (Å²) in [6.45, 7) is 1.91. The van der Waals surface area contributed by atoms with Gasteiger partial charge < -0.3 is 5.32 Å². The van der Waals surface area contributed by atoms with Crippen molar-refractivity contribution in [3.63, 3.8) is 0 Å². The van der Waals surface area contributed by atoms with Crippen LogP contribution in [-0.2, 0) is 15.0 Å². The highest BCUT2D eigenvalue weighted by atomic mass is 32.2. The van der Waals surface area contributed by atoms with Gasteiger partial charge in [0.05, 0.1) is 6.10 Å². The fraction of sp³-hybridized carbons (Fsp3) is 0.632. The Hall–Kier alpha value is -1.75. The summed E-state index contributed by atoms with van der Waals surface area (Å²) in [5.74, 6) is -0.385. The Morgan fingerprint density at radius 3 is 2.10 bits per heavy atom. The maximum atomic E-state index is 12.9. The first-order valence-corrected chi connectivity index (χ1v) is 11.6. The van der Waals surface area contributed by atoms with Gasteiger partial charge in [0.25, 0.3) is 10.2 Å². The molecule has 1 aromatic carbocycles. The Kier molecular flexibility index (Phi) is 7.82. The van der Waals surface area contributed by atoms with E-state index in [1.165, 1.54) is 35.0 Å². The molecule has 1 aromatic rings. The Morgan fingerprint density at radius 1 is 0.931 bits per heavy atom. The van der Waals surface area contributed by atoms with Gasteiger partial charge in [0.1, 0.15) is 5.82 Å². The average molecular weight is 429 g/mol. The molecule has 0 aromatic heterocycles. The standard InChI is InChI=1S/C19H29FN4O4S/c20-16-6-8-17(9-7-16)21-19(25)22-28-18-10-14-24(15-11-18)29(26,27)23-12-4-2-1-3-5-13-23/h6-9,18H,1-5,10-15H2,(H2,21,22,25). The van der Waals surface area contributed by atoms with Crippen molar-refractivity contribution in [1.82, 2.24) is 14.1 Å². The third-order valence-corrected chi connectivity index (χ3v) is 7.32. The van der Waals surface area contributed by atoms with Crippen LogP contribution in [0, 0.1) is 5.82 Å². The van der Waals surface area contributed by atoms with Crippen LogP contribution in [0.1, 0.15) is 44.9 Å². The highest BCUT2D eigenvalue weighted by molar-refractivity contribution is 7.86. The van der Waals surface area contributed by atoms with Crippen LogP contribution in [0.3, 0.4) is 0 Å². The molecule has 2 fully saturated rings. The van der Waals surface area contributed by atoms with Crippen LogP contribution in [0.15, 0.2) is 24.3 Å². The molecule has 2 amide bonds. The number of hydroxylamine groups is 1. The molecular formula is C19H29FN4O4S. The van der Waals surface area contributed by atoms with E-state index in [2.05, 4.69) is 10.8 Å². The van der Waals surface area contributed by atoms with E-state index in [9.17, 15) is 17.6 Å². The van der Waals surface area contributed by atoms with Gasteiger partial charge >= 0.3 is 6.03 Å². The number of anilines is 1. The van der Waals surface area contributed by atoms with Crippen LogP contribution in [0.25, 0.3) is 0 Å². The second-order valence-corrected chi connectivity index (χ2v) is 9.38. The van der Waals surface area contributed by atoms with Crippen molar-refractivity contribution in [3.8, 4) is 0 Å². The zero-order chi connectivity index (χ0) is 20.7. The van der Waals surface area contributed by atoms with Gasteiger partial charge in [-0.05, 0) is 49.9 Å². The van der Waals surface area contributed by atoms with E-state index in [1.807, 2.05) is 0 Å². The summed E-state index contributed by atoms with van der Waals surface area (Å²) in [5.41, 5.74) is 2.77. The summed E-state index contributed by atoms with van der Waals surface area (Å²) < 4.78 is 41.8. The molecule has 0 radical (unpaired) electrons. The van der Waals surface area contributed by atoms with Gasteiger partial charge in [0, 0.05) is 31.9 Å². The summed E-state index contributed by atoms with van der Waals surface area (Å²) in [6, 6.07) is 4.83. The van der Waals surface area contributed by atoms with Crippen molar-refractivity contribution in [2.45, 2.75) is 51.0 Å². The molecule has 162 valence electrons. The fourth-order valence-electron chi connectivity index (χ4n) is 3.62. The van der Waals surface area contributed by atoms with E-state index in [0.29, 0.717) is 44.7 Å². The van der Waals surface area contributed by atoms with E-state index in [0.717, 1.165) is 25.7 Å². The second kappa shape index (κ2) is 10.3. The van der Waals surface area contributed by atoms with E-state index in [4.69, 9.17) is 4.84 Å². The Labute approximate surface area is 171 Å².